The second-order valence-electron chi connectivity index (χ2n) is 4.15. The number of benzene rings is 2. The zero-order valence-electron chi connectivity index (χ0n) is 10.4. The average Bonchev–Trinajstić information content (AvgIpc) is 2.41. The van der Waals surface area contributed by atoms with Crippen LogP contribution in [0, 0.1) is 11.6 Å². The zero-order valence-corrected chi connectivity index (χ0v) is 11.1. The van der Waals surface area contributed by atoms with E-state index < -0.39 is 17.0 Å². The summed E-state index contributed by atoms with van der Waals surface area (Å²) in [5.74, 6) is -0.518. The minimum absolute atomic E-state index is 0.272. The van der Waals surface area contributed by atoms with Gasteiger partial charge in [-0.1, -0.05) is 24.3 Å². The monoisotopic (exact) mass is 282 g/mol. The molecule has 0 N–H and O–H groups in total. The maximum atomic E-state index is 13.6. The fraction of sp³-hybridized carbons (Fsp3) is 0.200. The van der Waals surface area contributed by atoms with Crippen molar-refractivity contribution >= 4 is 11.6 Å². The number of rotatable bonds is 4. The lowest BCUT2D eigenvalue weighted by atomic mass is 10.0. The van der Waals surface area contributed by atoms with Crippen molar-refractivity contribution in [3.05, 3.63) is 65.2 Å². The van der Waals surface area contributed by atoms with Crippen LogP contribution in [0.1, 0.15) is 16.5 Å². The summed E-state index contributed by atoms with van der Waals surface area (Å²) in [5.41, 5.74) is 1.17. The van der Waals surface area contributed by atoms with Crippen molar-refractivity contribution in [1.82, 2.24) is 0 Å². The van der Waals surface area contributed by atoms with E-state index in [1.54, 1.807) is 13.2 Å². The third-order valence-electron chi connectivity index (χ3n) is 2.89. The molecule has 1 nitrogen and oxygen atoms in total. The summed E-state index contributed by atoms with van der Waals surface area (Å²) in [6, 6.07) is 10.8. The van der Waals surface area contributed by atoms with Crippen LogP contribution < -0.4 is 4.74 Å². The van der Waals surface area contributed by atoms with Gasteiger partial charge in [-0.15, -0.1) is 11.6 Å². The molecular formula is C15H13ClF2O. The van der Waals surface area contributed by atoms with E-state index >= 15 is 0 Å². The van der Waals surface area contributed by atoms with Gasteiger partial charge in [0, 0.05) is 11.6 Å². The van der Waals surface area contributed by atoms with E-state index in [1.807, 2.05) is 18.2 Å². The molecule has 100 valence electrons. The molecule has 2 aromatic carbocycles. The van der Waals surface area contributed by atoms with E-state index in [9.17, 15) is 8.78 Å². The summed E-state index contributed by atoms with van der Waals surface area (Å²) in [7, 11) is 1.56. The third-order valence-corrected chi connectivity index (χ3v) is 3.28. The van der Waals surface area contributed by atoms with Gasteiger partial charge in [0.1, 0.15) is 17.4 Å². The lowest BCUT2D eigenvalue weighted by molar-refractivity contribution is 0.409. The molecule has 0 aliphatic rings. The highest BCUT2D eigenvalue weighted by Gasteiger charge is 2.15. The number of alkyl halides is 1. The summed E-state index contributed by atoms with van der Waals surface area (Å²) in [4.78, 5) is 0. The summed E-state index contributed by atoms with van der Waals surface area (Å²) < 4.78 is 31.6. The number of hydrogen-bond donors (Lipinski definition) is 0. The molecule has 1 unspecified atom stereocenters. The topological polar surface area (TPSA) is 9.23 Å². The minimum Gasteiger partial charge on any atom is -0.496 e. The molecule has 0 saturated carbocycles. The van der Waals surface area contributed by atoms with Crippen molar-refractivity contribution < 1.29 is 13.5 Å². The predicted molar refractivity (Wildman–Crippen MR) is 71.7 cm³/mol. The van der Waals surface area contributed by atoms with E-state index in [2.05, 4.69) is 0 Å². The highest BCUT2D eigenvalue weighted by Crippen LogP contribution is 2.32. The molecule has 0 aliphatic carbocycles. The maximum absolute atomic E-state index is 13.6. The Bertz CT molecular complexity index is 572. The van der Waals surface area contributed by atoms with Gasteiger partial charge < -0.3 is 4.74 Å². The third kappa shape index (κ3) is 3.24. The molecule has 1 atom stereocenters. The van der Waals surface area contributed by atoms with Gasteiger partial charge in [0.05, 0.1) is 12.5 Å². The van der Waals surface area contributed by atoms with Crippen molar-refractivity contribution in [2.24, 2.45) is 0 Å². The Labute approximate surface area is 115 Å². The molecular weight excluding hydrogens is 270 g/mol. The van der Waals surface area contributed by atoms with Crippen molar-refractivity contribution in [1.29, 1.82) is 0 Å². The first-order chi connectivity index (χ1) is 9.11. The van der Waals surface area contributed by atoms with Gasteiger partial charge in [0.25, 0.3) is 0 Å². The summed E-state index contributed by atoms with van der Waals surface area (Å²) >= 11 is 6.30. The molecule has 0 amide bonds. The van der Waals surface area contributed by atoms with E-state index in [0.717, 1.165) is 11.6 Å². The second-order valence-corrected chi connectivity index (χ2v) is 4.68. The summed E-state index contributed by atoms with van der Waals surface area (Å²) in [6.07, 6.45) is 0.272. The standard InChI is InChI=1S/C15H13ClF2O/c1-19-15-5-3-2-4-12(15)13(16)8-10-6-7-11(17)9-14(10)18/h2-7,9,13H,8H2,1H3. The molecule has 2 rings (SSSR count). The highest BCUT2D eigenvalue weighted by molar-refractivity contribution is 6.21. The quantitative estimate of drug-likeness (QED) is 0.751. The van der Waals surface area contributed by atoms with Crippen LogP contribution in [0.3, 0.4) is 0 Å². The maximum Gasteiger partial charge on any atom is 0.129 e. The Morgan fingerprint density at radius 3 is 2.58 bits per heavy atom. The van der Waals surface area contributed by atoms with Crippen LogP contribution in [0.4, 0.5) is 8.78 Å². The normalized spacial score (nSPS) is 12.2. The molecule has 0 saturated heterocycles. The SMILES string of the molecule is COc1ccccc1C(Cl)Cc1ccc(F)cc1F. The first-order valence-corrected chi connectivity index (χ1v) is 6.26. The van der Waals surface area contributed by atoms with Gasteiger partial charge in [0.15, 0.2) is 0 Å². The van der Waals surface area contributed by atoms with Crippen molar-refractivity contribution in [3.8, 4) is 5.75 Å². The fourth-order valence-electron chi connectivity index (χ4n) is 1.92. The van der Waals surface area contributed by atoms with Crippen LogP contribution in [0.5, 0.6) is 5.75 Å². The van der Waals surface area contributed by atoms with E-state index in [0.29, 0.717) is 11.3 Å². The van der Waals surface area contributed by atoms with Gasteiger partial charge in [-0.2, -0.15) is 0 Å². The van der Waals surface area contributed by atoms with Crippen LogP contribution in [-0.2, 0) is 6.42 Å². The summed E-state index contributed by atoms with van der Waals surface area (Å²) in [5, 5.41) is -0.434. The smallest absolute Gasteiger partial charge is 0.129 e. The molecule has 0 heterocycles. The number of halogens is 3. The predicted octanol–water partition coefficient (Wildman–Crippen LogP) is 4.50. The van der Waals surface area contributed by atoms with Gasteiger partial charge in [0.2, 0.25) is 0 Å². The van der Waals surface area contributed by atoms with Crippen LogP contribution in [-0.4, -0.2) is 7.11 Å². The van der Waals surface area contributed by atoms with Crippen LogP contribution >= 0.6 is 11.6 Å². The van der Waals surface area contributed by atoms with E-state index in [-0.39, 0.29) is 6.42 Å². The molecule has 0 fully saturated rings. The van der Waals surface area contributed by atoms with Crippen LogP contribution in [0.25, 0.3) is 0 Å². The van der Waals surface area contributed by atoms with Gasteiger partial charge in [-0.05, 0) is 24.1 Å². The van der Waals surface area contributed by atoms with Gasteiger partial charge in [-0.25, -0.2) is 8.78 Å². The number of ether oxygens (including phenoxy) is 1. The molecule has 2 aromatic rings. The molecule has 0 spiro atoms. The molecule has 0 aromatic heterocycles. The fourth-order valence-corrected chi connectivity index (χ4v) is 2.26. The highest BCUT2D eigenvalue weighted by atomic mass is 35.5. The Morgan fingerprint density at radius 2 is 1.89 bits per heavy atom. The number of para-hydroxylation sites is 1. The average molecular weight is 283 g/mol. The molecule has 0 aliphatic heterocycles. The molecule has 0 radical (unpaired) electrons. The Hall–Kier alpha value is -1.61. The molecule has 19 heavy (non-hydrogen) atoms. The van der Waals surface area contributed by atoms with Crippen molar-refractivity contribution in [2.75, 3.05) is 7.11 Å². The first-order valence-electron chi connectivity index (χ1n) is 5.82. The lowest BCUT2D eigenvalue weighted by Gasteiger charge is -2.14. The van der Waals surface area contributed by atoms with E-state index in [1.165, 1.54) is 12.1 Å². The Morgan fingerprint density at radius 1 is 1.16 bits per heavy atom. The van der Waals surface area contributed by atoms with Gasteiger partial charge >= 0.3 is 0 Å². The largest absolute Gasteiger partial charge is 0.496 e. The molecule has 0 bridgehead atoms. The number of methoxy groups -OCH3 is 1. The summed E-state index contributed by atoms with van der Waals surface area (Å²) in [6.45, 7) is 0. The van der Waals surface area contributed by atoms with Gasteiger partial charge in [-0.3, -0.25) is 0 Å². The van der Waals surface area contributed by atoms with Crippen molar-refractivity contribution in [3.63, 3.8) is 0 Å². The minimum atomic E-state index is -0.593. The Balaban J connectivity index is 2.23. The van der Waals surface area contributed by atoms with Crippen molar-refractivity contribution in [2.45, 2.75) is 11.8 Å². The van der Waals surface area contributed by atoms with Crippen LogP contribution in [0.15, 0.2) is 42.5 Å². The first kappa shape index (κ1) is 13.8. The van der Waals surface area contributed by atoms with E-state index in [4.69, 9.17) is 16.3 Å². The number of hydrogen-bond acceptors (Lipinski definition) is 1. The lowest BCUT2D eigenvalue weighted by Crippen LogP contribution is -2.01. The van der Waals surface area contributed by atoms with Crippen LogP contribution in [0.2, 0.25) is 0 Å². The Kier molecular flexibility index (Phi) is 4.38. The second kappa shape index (κ2) is 6.02. The molecule has 4 heteroatoms. The zero-order chi connectivity index (χ0) is 13.8.